The van der Waals surface area contributed by atoms with Crippen molar-refractivity contribution in [3.8, 4) is 10.6 Å². The van der Waals surface area contributed by atoms with Crippen LogP contribution in [0.1, 0.15) is 51.5 Å². The first-order chi connectivity index (χ1) is 15.9. The van der Waals surface area contributed by atoms with E-state index < -0.39 is 0 Å². The first-order valence-electron chi connectivity index (χ1n) is 11.2. The zero-order valence-electron chi connectivity index (χ0n) is 19.1. The Hall–Kier alpha value is -2.77. The summed E-state index contributed by atoms with van der Waals surface area (Å²) in [4.78, 5) is 27.9. The molecule has 0 saturated heterocycles. The fraction of sp³-hybridized carbons (Fsp3) is 0.360. The Morgan fingerprint density at radius 2 is 1.82 bits per heavy atom. The number of nitrogens with one attached hydrogen (secondary N) is 1. The highest BCUT2D eigenvalue weighted by Gasteiger charge is 2.27. The van der Waals surface area contributed by atoms with E-state index in [2.05, 4.69) is 15.5 Å². The van der Waals surface area contributed by atoms with Gasteiger partial charge in [-0.25, -0.2) is 0 Å². The zero-order valence-corrected chi connectivity index (χ0v) is 20.7. The standard InChI is InChI=1S/C25H29ClN4O2S/c1-4-17(3)30(24(32)21(5-2)18-10-7-6-8-11-18)15-14-22(31)27-25-29-28-23(33-25)19-12-9-13-20(26)16-19/h6-13,16-17,21H,4-5,14-15H2,1-3H3,(H,27,29,31)/t17-,21-/m0/s1. The Morgan fingerprint density at radius 1 is 1.06 bits per heavy atom. The lowest BCUT2D eigenvalue weighted by molar-refractivity contribution is -0.135. The van der Waals surface area contributed by atoms with Crippen LogP contribution < -0.4 is 5.32 Å². The molecule has 1 heterocycles. The molecule has 0 saturated carbocycles. The number of anilines is 1. The van der Waals surface area contributed by atoms with Crippen molar-refractivity contribution in [2.45, 2.75) is 52.0 Å². The molecule has 0 unspecified atom stereocenters. The van der Waals surface area contributed by atoms with E-state index in [0.29, 0.717) is 28.1 Å². The Kier molecular flexibility index (Phi) is 8.97. The second-order valence-corrected chi connectivity index (χ2v) is 9.30. The third-order valence-electron chi connectivity index (χ3n) is 5.64. The van der Waals surface area contributed by atoms with Crippen LogP contribution in [0.5, 0.6) is 0 Å². The van der Waals surface area contributed by atoms with Gasteiger partial charge in [0.25, 0.3) is 0 Å². The van der Waals surface area contributed by atoms with Gasteiger partial charge in [-0.1, -0.05) is 79.2 Å². The number of carbonyl (C=O) groups is 2. The average Bonchev–Trinajstić information content (AvgIpc) is 3.28. The van der Waals surface area contributed by atoms with E-state index in [9.17, 15) is 9.59 Å². The molecular formula is C25H29ClN4O2S. The molecule has 1 aromatic heterocycles. The summed E-state index contributed by atoms with van der Waals surface area (Å²) in [5, 5.41) is 12.7. The van der Waals surface area contributed by atoms with E-state index in [0.717, 1.165) is 17.5 Å². The molecule has 0 aliphatic carbocycles. The average molecular weight is 485 g/mol. The van der Waals surface area contributed by atoms with Crippen molar-refractivity contribution in [2.24, 2.45) is 0 Å². The van der Waals surface area contributed by atoms with Gasteiger partial charge in [0.15, 0.2) is 0 Å². The van der Waals surface area contributed by atoms with Crippen LogP contribution in [0.25, 0.3) is 10.6 Å². The van der Waals surface area contributed by atoms with Crippen molar-refractivity contribution >= 4 is 39.9 Å². The van der Waals surface area contributed by atoms with Gasteiger partial charge in [0.1, 0.15) is 5.01 Å². The van der Waals surface area contributed by atoms with Gasteiger partial charge in [-0.3, -0.25) is 9.59 Å². The summed E-state index contributed by atoms with van der Waals surface area (Å²) < 4.78 is 0. The Balaban J connectivity index is 1.64. The molecule has 2 amide bonds. The molecule has 3 aromatic rings. The van der Waals surface area contributed by atoms with Gasteiger partial charge >= 0.3 is 0 Å². The second-order valence-electron chi connectivity index (χ2n) is 7.88. The lowest BCUT2D eigenvalue weighted by atomic mass is 9.94. The number of benzene rings is 2. The van der Waals surface area contributed by atoms with E-state index >= 15 is 0 Å². The van der Waals surface area contributed by atoms with Crippen LogP contribution in [-0.4, -0.2) is 39.5 Å². The molecule has 0 spiro atoms. The normalized spacial score (nSPS) is 12.7. The summed E-state index contributed by atoms with van der Waals surface area (Å²) >= 11 is 7.33. The third kappa shape index (κ3) is 6.62. The van der Waals surface area contributed by atoms with Crippen LogP contribution in [0.15, 0.2) is 54.6 Å². The van der Waals surface area contributed by atoms with Crippen molar-refractivity contribution in [2.75, 3.05) is 11.9 Å². The van der Waals surface area contributed by atoms with E-state index in [4.69, 9.17) is 11.6 Å². The summed E-state index contributed by atoms with van der Waals surface area (Å²) in [6.45, 7) is 6.44. The van der Waals surface area contributed by atoms with Crippen LogP contribution in [0.2, 0.25) is 5.02 Å². The topological polar surface area (TPSA) is 75.2 Å². The van der Waals surface area contributed by atoms with Crippen molar-refractivity contribution in [1.29, 1.82) is 0 Å². The number of carbonyl (C=O) groups excluding carboxylic acids is 2. The van der Waals surface area contributed by atoms with Crippen LogP contribution >= 0.6 is 22.9 Å². The van der Waals surface area contributed by atoms with E-state index in [-0.39, 0.29) is 30.2 Å². The molecule has 0 aliphatic heterocycles. The van der Waals surface area contributed by atoms with Gasteiger partial charge in [-0.2, -0.15) is 0 Å². The fourth-order valence-electron chi connectivity index (χ4n) is 3.62. The molecule has 1 N–H and O–H groups in total. The summed E-state index contributed by atoms with van der Waals surface area (Å²) in [7, 11) is 0. The van der Waals surface area contributed by atoms with Gasteiger partial charge < -0.3 is 10.2 Å². The van der Waals surface area contributed by atoms with Crippen LogP contribution in [-0.2, 0) is 9.59 Å². The second kappa shape index (κ2) is 11.9. The van der Waals surface area contributed by atoms with E-state index in [1.807, 2.05) is 68.1 Å². The fourth-order valence-corrected chi connectivity index (χ4v) is 4.57. The number of nitrogens with zero attached hydrogens (tertiary/aromatic N) is 3. The van der Waals surface area contributed by atoms with Crippen molar-refractivity contribution < 1.29 is 9.59 Å². The highest BCUT2D eigenvalue weighted by molar-refractivity contribution is 7.18. The summed E-state index contributed by atoms with van der Waals surface area (Å²) in [6.07, 6.45) is 1.71. The lowest BCUT2D eigenvalue weighted by Crippen LogP contribution is -2.42. The van der Waals surface area contributed by atoms with Gasteiger partial charge in [0, 0.05) is 29.6 Å². The Labute approximate surface area is 204 Å². The minimum absolute atomic E-state index is 0.0408. The molecule has 6 nitrogen and oxygen atoms in total. The van der Waals surface area contributed by atoms with Gasteiger partial charge in [-0.05, 0) is 37.5 Å². The number of rotatable bonds is 10. The third-order valence-corrected chi connectivity index (χ3v) is 6.76. The molecule has 33 heavy (non-hydrogen) atoms. The minimum Gasteiger partial charge on any atom is -0.339 e. The predicted octanol–water partition coefficient (Wildman–Crippen LogP) is 6.01. The molecule has 0 radical (unpaired) electrons. The smallest absolute Gasteiger partial charge is 0.230 e. The number of halogens is 1. The van der Waals surface area contributed by atoms with Crippen molar-refractivity contribution in [1.82, 2.24) is 15.1 Å². The van der Waals surface area contributed by atoms with Crippen LogP contribution in [0, 0.1) is 0 Å². The molecule has 2 aromatic carbocycles. The van der Waals surface area contributed by atoms with Crippen molar-refractivity contribution in [3.05, 3.63) is 65.2 Å². The predicted molar refractivity (Wildman–Crippen MR) is 135 cm³/mol. The zero-order chi connectivity index (χ0) is 23.8. The summed E-state index contributed by atoms with van der Waals surface area (Å²) in [6, 6.07) is 17.2. The highest BCUT2D eigenvalue weighted by atomic mass is 35.5. The number of hydrogen-bond donors (Lipinski definition) is 1. The van der Waals surface area contributed by atoms with Gasteiger partial charge in [0.2, 0.25) is 16.9 Å². The maximum atomic E-state index is 13.4. The number of amides is 2. The van der Waals surface area contributed by atoms with Crippen LogP contribution in [0.3, 0.4) is 0 Å². The molecule has 174 valence electrons. The molecule has 2 atom stereocenters. The minimum atomic E-state index is -0.216. The molecule has 0 bridgehead atoms. The Bertz CT molecular complexity index is 1070. The molecule has 3 rings (SSSR count). The lowest BCUT2D eigenvalue weighted by Gasteiger charge is -2.32. The van der Waals surface area contributed by atoms with Crippen LogP contribution in [0.4, 0.5) is 5.13 Å². The summed E-state index contributed by atoms with van der Waals surface area (Å²) in [5.74, 6) is -0.352. The summed E-state index contributed by atoms with van der Waals surface area (Å²) in [5.41, 5.74) is 1.85. The SMILES string of the molecule is CC[C@H](C(=O)N(CCC(=O)Nc1nnc(-c2cccc(Cl)c2)s1)[C@@H](C)CC)c1ccccc1. The Morgan fingerprint density at radius 3 is 2.48 bits per heavy atom. The van der Waals surface area contributed by atoms with E-state index in [1.54, 1.807) is 12.1 Å². The molecule has 0 aliphatic rings. The largest absolute Gasteiger partial charge is 0.339 e. The molecular weight excluding hydrogens is 456 g/mol. The maximum Gasteiger partial charge on any atom is 0.230 e. The number of aromatic nitrogens is 2. The molecule has 0 fully saturated rings. The quantitative estimate of drug-likeness (QED) is 0.382. The highest BCUT2D eigenvalue weighted by Crippen LogP contribution is 2.28. The maximum absolute atomic E-state index is 13.4. The van der Waals surface area contributed by atoms with E-state index in [1.165, 1.54) is 11.3 Å². The molecule has 8 heteroatoms. The first-order valence-corrected chi connectivity index (χ1v) is 12.4. The first kappa shape index (κ1) is 24.9. The monoisotopic (exact) mass is 484 g/mol. The van der Waals surface area contributed by atoms with Gasteiger partial charge in [0.05, 0.1) is 5.92 Å². The van der Waals surface area contributed by atoms with Crippen molar-refractivity contribution in [3.63, 3.8) is 0 Å². The van der Waals surface area contributed by atoms with Gasteiger partial charge in [-0.15, -0.1) is 10.2 Å². The number of hydrogen-bond acceptors (Lipinski definition) is 5.